The van der Waals surface area contributed by atoms with Crippen molar-refractivity contribution in [3.8, 4) is 11.5 Å². The van der Waals surface area contributed by atoms with Gasteiger partial charge < -0.3 is 14.8 Å². The topological polar surface area (TPSA) is 30.5 Å². The van der Waals surface area contributed by atoms with Crippen molar-refractivity contribution in [3.05, 3.63) is 58.1 Å². The van der Waals surface area contributed by atoms with E-state index in [0.717, 1.165) is 45.8 Å². The van der Waals surface area contributed by atoms with E-state index >= 15 is 0 Å². The normalized spacial score (nSPS) is 29.8. The minimum Gasteiger partial charge on any atom is -0.493 e. The molecule has 4 fully saturated rings. The summed E-state index contributed by atoms with van der Waals surface area (Å²) in [5, 5.41) is 3.98. The van der Waals surface area contributed by atoms with Crippen molar-refractivity contribution in [3.63, 3.8) is 0 Å². The first kappa shape index (κ1) is 19.4. The van der Waals surface area contributed by atoms with Crippen LogP contribution >= 0.6 is 15.9 Å². The third kappa shape index (κ3) is 4.06. The van der Waals surface area contributed by atoms with E-state index in [2.05, 4.69) is 45.5 Å². The first-order valence-electron chi connectivity index (χ1n) is 10.9. The first-order valence-corrected chi connectivity index (χ1v) is 11.7. The second-order valence-electron chi connectivity index (χ2n) is 9.43. The zero-order valence-corrected chi connectivity index (χ0v) is 18.7. The average Bonchev–Trinajstić information content (AvgIpc) is 2.71. The van der Waals surface area contributed by atoms with E-state index in [1.54, 1.807) is 7.11 Å². The molecule has 4 saturated carbocycles. The molecular formula is C25H30BrNO2. The van der Waals surface area contributed by atoms with Gasteiger partial charge >= 0.3 is 0 Å². The minimum absolute atomic E-state index is 0.372. The van der Waals surface area contributed by atoms with Crippen molar-refractivity contribution in [1.29, 1.82) is 0 Å². The van der Waals surface area contributed by atoms with Gasteiger partial charge in [0.1, 0.15) is 6.61 Å². The summed E-state index contributed by atoms with van der Waals surface area (Å²) in [5.74, 6) is 4.45. The number of hydrogen-bond donors (Lipinski definition) is 1. The average molecular weight is 456 g/mol. The van der Waals surface area contributed by atoms with Crippen molar-refractivity contribution in [1.82, 2.24) is 5.32 Å². The van der Waals surface area contributed by atoms with E-state index < -0.39 is 0 Å². The van der Waals surface area contributed by atoms with E-state index in [4.69, 9.17) is 9.47 Å². The highest BCUT2D eigenvalue weighted by molar-refractivity contribution is 9.10. The number of nitrogens with one attached hydrogen (secondary N) is 1. The fourth-order valence-electron chi connectivity index (χ4n) is 6.36. The maximum atomic E-state index is 6.09. The number of rotatable bonds is 7. The van der Waals surface area contributed by atoms with Crippen molar-refractivity contribution in [2.75, 3.05) is 7.11 Å². The van der Waals surface area contributed by atoms with Crippen LogP contribution < -0.4 is 14.8 Å². The van der Waals surface area contributed by atoms with E-state index in [0.29, 0.717) is 12.1 Å². The molecule has 0 saturated heterocycles. The second kappa shape index (κ2) is 7.96. The standard InChI is InChI=1S/C25H30BrNO2/c1-28-23-11-21(10-22(26)24(23)29-16-17-5-3-2-4-6-17)15-27-25-12-18-7-19(13-25)9-20(8-18)14-25/h2-6,10-11,18-20,27H,7-9,12-16H2,1H3. The number of benzene rings is 2. The maximum Gasteiger partial charge on any atom is 0.175 e. The molecule has 0 heterocycles. The number of hydrogen-bond acceptors (Lipinski definition) is 3. The summed E-state index contributed by atoms with van der Waals surface area (Å²) < 4.78 is 12.7. The van der Waals surface area contributed by atoms with Gasteiger partial charge in [0.2, 0.25) is 0 Å². The van der Waals surface area contributed by atoms with Gasteiger partial charge in [0.25, 0.3) is 0 Å². The molecular weight excluding hydrogens is 426 g/mol. The zero-order valence-electron chi connectivity index (χ0n) is 17.1. The predicted molar refractivity (Wildman–Crippen MR) is 119 cm³/mol. The van der Waals surface area contributed by atoms with Gasteiger partial charge in [-0.2, -0.15) is 0 Å². The van der Waals surface area contributed by atoms with Crippen molar-refractivity contribution in [2.45, 2.75) is 57.2 Å². The van der Waals surface area contributed by atoms with Crippen LogP contribution in [0.2, 0.25) is 0 Å². The van der Waals surface area contributed by atoms with Crippen LogP contribution in [0, 0.1) is 17.8 Å². The van der Waals surface area contributed by atoms with Gasteiger partial charge in [-0.1, -0.05) is 30.3 Å². The van der Waals surface area contributed by atoms with Gasteiger partial charge in [-0.15, -0.1) is 0 Å². The van der Waals surface area contributed by atoms with Crippen LogP contribution in [0.1, 0.15) is 49.7 Å². The second-order valence-corrected chi connectivity index (χ2v) is 10.3. The van der Waals surface area contributed by atoms with Crippen LogP contribution in [-0.4, -0.2) is 12.6 Å². The molecule has 1 N–H and O–H groups in total. The zero-order chi connectivity index (χ0) is 19.8. The predicted octanol–water partition coefficient (Wildman–Crippen LogP) is 6.10. The highest BCUT2D eigenvalue weighted by atomic mass is 79.9. The molecule has 0 aromatic heterocycles. The molecule has 154 valence electrons. The van der Waals surface area contributed by atoms with E-state index in [9.17, 15) is 0 Å². The highest BCUT2D eigenvalue weighted by Crippen LogP contribution is 2.55. The first-order chi connectivity index (χ1) is 14.1. The Morgan fingerprint density at radius 2 is 1.62 bits per heavy atom. The Morgan fingerprint density at radius 1 is 0.966 bits per heavy atom. The Labute approximate surface area is 182 Å². The van der Waals surface area contributed by atoms with E-state index in [-0.39, 0.29) is 0 Å². The lowest BCUT2D eigenvalue weighted by Gasteiger charge is -2.57. The fraction of sp³-hybridized carbons (Fsp3) is 0.520. The minimum atomic E-state index is 0.372. The number of methoxy groups -OCH3 is 1. The molecule has 4 aliphatic rings. The molecule has 0 atom stereocenters. The monoisotopic (exact) mass is 455 g/mol. The molecule has 4 aliphatic carbocycles. The molecule has 0 radical (unpaired) electrons. The summed E-state index contributed by atoms with van der Waals surface area (Å²) >= 11 is 3.71. The molecule has 0 spiro atoms. The van der Waals surface area contributed by atoms with Crippen LogP contribution in [0.3, 0.4) is 0 Å². The van der Waals surface area contributed by atoms with E-state index in [1.807, 2.05) is 18.2 Å². The number of ether oxygens (including phenoxy) is 2. The van der Waals surface area contributed by atoms with Crippen LogP contribution in [-0.2, 0) is 13.2 Å². The molecule has 0 amide bonds. The van der Waals surface area contributed by atoms with Crippen molar-refractivity contribution < 1.29 is 9.47 Å². The fourth-order valence-corrected chi connectivity index (χ4v) is 6.97. The van der Waals surface area contributed by atoms with Gasteiger partial charge in [0.05, 0.1) is 11.6 Å². The largest absolute Gasteiger partial charge is 0.493 e. The Balaban J connectivity index is 1.28. The van der Waals surface area contributed by atoms with Crippen LogP contribution in [0.15, 0.2) is 46.9 Å². The summed E-state index contributed by atoms with van der Waals surface area (Å²) in [7, 11) is 1.72. The summed E-state index contributed by atoms with van der Waals surface area (Å²) in [4.78, 5) is 0. The summed E-state index contributed by atoms with van der Waals surface area (Å²) in [5.41, 5.74) is 2.77. The molecule has 6 rings (SSSR count). The Morgan fingerprint density at radius 3 is 2.24 bits per heavy atom. The van der Waals surface area contributed by atoms with Crippen LogP contribution in [0.5, 0.6) is 11.5 Å². The lowest BCUT2D eigenvalue weighted by Crippen LogP contribution is -2.58. The lowest BCUT2D eigenvalue weighted by atomic mass is 9.53. The van der Waals surface area contributed by atoms with Crippen LogP contribution in [0.25, 0.3) is 0 Å². The highest BCUT2D eigenvalue weighted by Gasteiger charge is 2.50. The third-order valence-electron chi connectivity index (χ3n) is 7.22. The molecule has 0 aliphatic heterocycles. The summed E-state index contributed by atoms with van der Waals surface area (Å²) in [6.07, 6.45) is 8.55. The molecule has 4 heteroatoms. The SMILES string of the molecule is COc1cc(CNC23CC4CC(CC(C4)C2)C3)cc(Br)c1OCc1ccccc1. The van der Waals surface area contributed by atoms with E-state index in [1.165, 1.54) is 44.1 Å². The molecule has 29 heavy (non-hydrogen) atoms. The molecule has 0 unspecified atom stereocenters. The summed E-state index contributed by atoms with van der Waals surface area (Å²) in [6, 6.07) is 14.5. The van der Waals surface area contributed by atoms with Crippen molar-refractivity contribution >= 4 is 15.9 Å². The summed E-state index contributed by atoms with van der Waals surface area (Å²) in [6.45, 7) is 1.42. The molecule has 2 aromatic rings. The van der Waals surface area contributed by atoms with Crippen molar-refractivity contribution in [2.24, 2.45) is 17.8 Å². The van der Waals surface area contributed by atoms with Gasteiger partial charge in [-0.3, -0.25) is 0 Å². The molecule has 3 nitrogen and oxygen atoms in total. The molecule has 4 bridgehead atoms. The van der Waals surface area contributed by atoms with Gasteiger partial charge in [-0.25, -0.2) is 0 Å². The maximum absolute atomic E-state index is 6.09. The van der Waals surface area contributed by atoms with Gasteiger partial charge in [-0.05, 0) is 95.5 Å². The van der Waals surface area contributed by atoms with Crippen LogP contribution in [0.4, 0.5) is 0 Å². The third-order valence-corrected chi connectivity index (χ3v) is 7.81. The lowest BCUT2D eigenvalue weighted by molar-refractivity contribution is -0.0206. The molecule has 2 aromatic carbocycles. The Kier molecular flexibility index (Phi) is 5.34. The van der Waals surface area contributed by atoms with Gasteiger partial charge in [0, 0.05) is 12.1 Å². The smallest absolute Gasteiger partial charge is 0.175 e. The van der Waals surface area contributed by atoms with Gasteiger partial charge in [0.15, 0.2) is 11.5 Å². The quantitative estimate of drug-likeness (QED) is 0.547. The Bertz CT molecular complexity index is 831. The Hall–Kier alpha value is -1.52. The number of halogens is 1.